The molecule has 37 heavy (non-hydrogen) atoms. The molecule has 1 aliphatic heterocycles. The van der Waals surface area contributed by atoms with Gasteiger partial charge in [0.2, 0.25) is 0 Å². The smallest absolute Gasteiger partial charge is 0.264 e. The van der Waals surface area contributed by atoms with Crippen LogP contribution in [0.4, 0.5) is 5.69 Å². The average molecular weight is 599 g/mol. The highest BCUT2D eigenvalue weighted by atomic mass is 79.9. The van der Waals surface area contributed by atoms with Gasteiger partial charge in [0.15, 0.2) is 0 Å². The van der Waals surface area contributed by atoms with Gasteiger partial charge in [-0.1, -0.05) is 46.3 Å². The number of rotatable bonds is 7. The van der Waals surface area contributed by atoms with Gasteiger partial charge in [0.25, 0.3) is 15.9 Å². The Kier molecular flexibility index (Phi) is 7.67. The summed E-state index contributed by atoms with van der Waals surface area (Å²) in [6, 6.07) is 24.5. The molecule has 1 amide bonds. The maximum atomic E-state index is 13.3. The van der Waals surface area contributed by atoms with E-state index in [1.807, 2.05) is 42.2 Å². The minimum absolute atomic E-state index is 0.0388. The molecule has 3 aromatic carbocycles. The lowest BCUT2D eigenvalue weighted by atomic mass is 10.2. The van der Waals surface area contributed by atoms with Gasteiger partial charge < -0.3 is 4.90 Å². The van der Waals surface area contributed by atoms with Gasteiger partial charge in [0.1, 0.15) is 0 Å². The lowest BCUT2D eigenvalue weighted by Gasteiger charge is -2.34. The van der Waals surface area contributed by atoms with Crippen LogP contribution < -0.4 is 4.31 Å². The molecule has 0 N–H and O–H groups in total. The van der Waals surface area contributed by atoms with E-state index in [1.165, 1.54) is 21.2 Å². The lowest BCUT2D eigenvalue weighted by Crippen LogP contribution is -2.48. The second-order valence-electron chi connectivity index (χ2n) is 9.01. The Hall–Kier alpha value is -2.72. The normalized spacial score (nSPS) is 14.7. The molecule has 6 nitrogen and oxygen atoms in total. The average Bonchev–Trinajstić information content (AvgIpc) is 3.33. The second-order valence-corrected chi connectivity index (χ2v) is 12.9. The Morgan fingerprint density at radius 1 is 0.946 bits per heavy atom. The van der Waals surface area contributed by atoms with Crippen molar-refractivity contribution in [1.82, 2.24) is 9.80 Å². The van der Waals surface area contributed by atoms with Crippen LogP contribution in [0.3, 0.4) is 0 Å². The molecule has 0 unspecified atom stereocenters. The molecule has 192 valence electrons. The van der Waals surface area contributed by atoms with Gasteiger partial charge in [-0.15, -0.1) is 11.3 Å². The number of amides is 1. The number of carbonyl (C=O) groups is 1. The van der Waals surface area contributed by atoms with Crippen molar-refractivity contribution >= 4 is 59.0 Å². The van der Waals surface area contributed by atoms with E-state index in [2.05, 4.69) is 45.1 Å². The first kappa shape index (κ1) is 25.9. The highest BCUT2D eigenvalue weighted by Crippen LogP contribution is 2.32. The number of piperazine rings is 1. The molecule has 1 fully saturated rings. The molecular formula is C28H28BrN3O3S2. The fourth-order valence-corrected chi connectivity index (χ4v) is 7.36. The molecule has 1 aromatic heterocycles. The molecule has 0 bridgehead atoms. The first-order valence-electron chi connectivity index (χ1n) is 12.2. The van der Waals surface area contributed by atoms with Crippen molar-refractivity contribution in [1.29, 1.82) is 0 Å². The molecule has 1 saturated heterocycles. The zero-order chi connectivity index (χ0) is 26.0. The Balaban J connectivity index is 1.30. The third-order valence-electron chi connectivity index (χ3n) is 6.60. The third-order valence-corrected chi connectivity index (χ3v) is 10.1. The predicted molar refractivity (Wildman–Crippen MR) is 154 cm³/mol. The topological polar surface area (TPSA) is 60.9 Å². The second kappa shape index (κ2) is 10.9. The molecule has 2 heterocycles. The van der Waals surface area contributed by atoms with E-state index in [9.17, 15) is 13.2 Å². The van der Waals surface area contributed by atoms with Crippen LogP contribution in [0.1, 0.15) is 22.2 Å². The van der Waals surface area contributed by atoms with Crippen LogP contribution in [0.15, 0.2) is 88.2 Å². The van der Waals surface area contributed by atoms with E-state index in [0.717, 1.165) is 34.2 Å². The van der Waals surface area contributed by atoms with Crippen LogP contribution in [0.2, 0.25) is 0 Å². The van der Waals surface area contributed by atoms with Crippen LogP contribution in [0.5, 0.6) is 0 Å². The summed E-state index contributed by atoms with van der Waals surface area (Å²) in [7, 11) is -3.71. The molecule has 0 aliphatic carbocycles. The van der Waals surface area contributed by atoms with Crippen molar-refractivity contribution in [3.8, 4) is 0 Å². The molecule has 9 heteroatoms. The maximum Gasteiger partial charge on any atom is 0.264 e. The molecular weight excluding hydrogens is 570 g/mol. The van der Waals surface area contributed by atoms with Crippen LogP contribution in [0, 0.1) is 0 Å². The Bertz CT molecular complexity index is 1500. The minimum atomic E-state index is -3.71. The standard InChI is InChI=1S/C28H28BrN3O3S2/c1-2-32(37(34,35)25-11-8-23(29)9-12-25)24-10-13-26-22(18-24)19-27(36-26)28(33)31-16-14-30(15-17-31)20-21-6-4-3-5-7-21/h3-13,18-19H,2,14-17,20H2,1H3. The summed E-state index contributed by atoms with van der Waals surface area (Å²) in [5.74, 6) is 0.0388. The summed E-state index contributed by atoms with van der Waals surface area (Å²) >= 11 is 4.81. The monoisotopic (exact) mass is 597 g/mol. The van der Waals surface area contributed by atoms with Crippen molar-refractivity contribution < 1.29 is 13.2 Å². The van der Waals surface area contributed by atoms with Gasteiger partial charge in [0, 0.05) is 48.4 Å². The minimum Gasteiger partial charge on any atom is -0.335 e. The van der Waals surface area contributed by atoms with Crippen molar-refractivity contribution in [2.24, 2.45) is 0 Å². The number of benzene rings is 3. The van der Waals surface area contributed by atoms with Crippen LogP contribution in [-0.4, -0.2) is 56.8 Å². The van der Waals surface area contributed by atoms with E-state index in [1.54, 1.807) is 24.3 Å². The predicted octanol–water partition coefficient (Wildman–Crippen LogP) is 5.84. The summed E-state index contributed by atoms with van der Waals surface area (Å²) in [6.45, 7) is 6.09. The molecule has 1 aliphatic rings. The number of hydrogen-bond donors (Lipinski definition) is 0. The van der Waals surface area contributed by atoms with Crippen molar-refractivity contribution in [2.75, 3.05) is 37.0 Å². The molecule has 0 radical (unpaired) electrons. The number of anilines is 1. The Morgan fingerprint density at radius 2 is 1.65 bits per heavy atom. The van der Waals surface area contributed by atoms with Gasteiger partial charge in [-0.25, -0.2) is 8.42 Å². The summed E-state index contributed by atoms with van der Waals surface area (Å²) < 4.78 is 29.8. The van der Waals surface area contributed by atoms with E-state index < -0.39 is 10.0 Å². The number of fused-ring (bicyclic) bond motifs is 1. The van der Waals surface area contributed by atoms with Crippen LogP contribution >= 0.6 is 27.3 Å². The summed E-state index contributed by atoms with van der Waals surface area (Å²) in [5.41, 5.74) is 1.87. The van der Waals surface area contributed by atoms with E-state index in [-0.39, 0.29) is 10.8 Å². The van der Waals surface area contributed by atoms with Crippen molar-refractivity contribution in [2.45, 2.75) is 18.4 Å². The first-order chi connectivity index (χ1) is 17.8. The molecule has 0 spiro atoms. The fourth-order valence-electron chi connectivity index (χ4n) is 4.62. The molecule has 4 aromatic rings. The Labute approximate surface area is 230 Å². The number of thiophene rings is 1. The zero-order valence-electron chi connectivity index (χ0n) is 20.5. The quantitative estimate of drug-likeness (QED) is 0.269. The van der Waals surface area contributed by atoms with Gasteiger partial charge in [-0.05, 0) is 66.4 Å². The number of carbonyl (C=O) groups excluding carboxylic acids is 1. The molecule has 0 saturated carbocycles. The molecule has 5 rings (SSSR count). The number of sulfonamides is 1. The third kappa shape index (κ3) is 5.60. The maximum absolute atomic E-state index is 13.3. The van der Waals surface area contributed by atoms with Crippen molar-refractivity contribution in [3.05, 3.63) is 93.8 Å². The summed E-state index contributed by atoms with van der Waals surface area (Å²) in [4.78, 5) is 18.5. The lowest BCUT2D eigenvalue weighted by molar-refractivity contribution is 0.0633. The van der Waals surface area contributed by atoms with E-state index in [4.69, 9.17) is 0 Å². The number of halogens is 1. The highest BCUT2D eigenvalue weighted by Gasteiger charge is 2.26. The van der Waals surface area contributed by atoms with Crippen LogP contribution in [-0.2, 0) is 16.6 Å². The SMILES string of the molecule is CCN(c1ccc2sc(C(=O)N3CCN(Cc4ccccc4)CC3)cc2c1)S(=O)(=O)c1ccc(Br)cc1. The largest absolute Gasteiger partial charge is 0.335 e. The summed E-state index contributed by atoms with van der Waals surface area (Å²) in [5, 5.41) is 0.873. The van der Waals surface area contributed by atoms with Gasteiger partial charge in [-0.2, -0.15) is 0 Å². The number of nitrogens with zero attached hydrogens (tertiary/aromatic N) is 3. The van der Waals surface area contributed by atoms with Gasteiger partial charge >= 0.3 is 0 Å². The van der Waals surface area contributed by atoms with Gasteiger partial charge in [0.05, 0.1) is 15.5 Å². The van der Waals surface area contributed by atoms with E-state index in [0.29, 0.717) is 30.2 Å². The van der Waals surface area contributed by atoms with E-state index >= 15 is 0 Å². The van der Waals surface area contributed by atoms with Crippen LogP contribution in [0.25, 0.3) is 10.1 Å². The highest BCUT2D eigenvalue weighted by molar-refractivity contribution is 9.10. The Morgan fingerprint density at radius 3 is 2.32 bits per heavy atom. The fraction of sp³-hybridized carbons (Fsp3) is 0.250. The number of hydrogen-bond acceptors (Lipinski definition) is 5. The van der Waals surface area contributed by atoms with Crippen molar-refractivity contribution in [3.63, 3.8) is 0 Å². The molecule has 0 atom stereocenters. The van der Waals surface area contributed by atoms with Gasteiger partial charge in [-0.3, -0.25) is 14.0 Å². The zero-order valence-corrected chi connectivity index (χ0v) is 23.7. The summed E-state index contributed by atoms with van der Waals surface area (Å²) in [6.07, 6.45) is 0. The first-order valence-corrected chi connectivity index (χ1v) is 15.3.